The zero-order chi connectivity index (χ0) is 18.9. The van der Waals surface area contributed by atoms with Crippen molar-refractivity contribution in [3.8, 4) is 11.8 Å². The first-order chi connectivity index (χ1) is 13.3. The van der Waals surface area contributed by atoms with Crippen LogP contribution in [-0.2, 0) is 6.54 Å². The molecular formula is C24H22ClNO. The van der Waals surface area contributed by atoms with Gasteiger partial charge in [0.25, 0.3) is 0 Å². The summed E-state index contributed by atoms with van der Waals surface area (Å²) in [5.41, 5.74) is 3.22. The summed E-state index contributed by atoms with van der Waals surface area (Å²) in [6.45, 7) is 1.31. The quantitative estimate of drug-likeness (QED) is 0.617. The van der Waals surface area contributed by atoms with Gasteiger partial charge in [-0.15, -0.1) is 0 Å². The van der Waals surface area contributed by atoms with E-state index in [-0.39, 0.29) is 12.6 Å². The molecular weight excluding hydrogens is 354 g/mol. The number of halogens is 1. The molecule has 0 aliphatic rings. The van der Waals surface area contributed by atoms with E-state index in [1.165, 1.54) is 5.56 Å². The molecule has 0 aliphatic carbocycles. The fourth-order valence-electron chi connectivity index (χ4n) is 2.95. The Balaban J connectivity index is 1.95. The maximum absolute atomic E-state index is 9.63. The van der Waals surface area contributed by atoms with Gasteiger partial charge in [0.15, 0.2) is 0 Å². The molecule has 3 rings (SSSR count). The highest BCUT2D eigenvalue weighted by atomic mass is 35.5. The van der Waals surface area contributed by atoms with Crippen LogP contribution < -0.4 is 0 Å². The molecule has 3 heteroatoms. The molecule has 1 unspecified atom stereocenters. The Morgan fingerprint density at radius 1 is 0.852 bits per heavy atom. The standard InChI is InChI=1S/C24H22ClNO/c25-23-14-12-22(13-15-23)24(16-11-20-7-3-1-4-8-20)26(17-18-27)19-21-9-5-2-6-10-21/h1-10,12-15,24,27H,17-19H2. The van der Waals surface area contributed by atoms with Crippen LogP contribution in [0.15, 0.2) is 84.9 Å². The molecule has 0 radical (unpaired) electrons. The van der Waals surface area contributed by atoms with E-state index >= 15 is 0 Å². The van der Waals surface area contributed by atoms with Gasteiger partial charge in [-0.3, -0.25) is 4.90 Å². The Morgan fingerprint density at radius 3 is 2.11 bits per heavy atom. The van der Waals surface area contributed by atoms with Gasteiger partial charge < -0.3 is 5.11 Å². The minimum atomic E-state index is -0.144. The van der Waals surface area contributed by atoms with Crippen LogP contribution in [-0.4, -0.2) is 23.2 Å². The number of aliphatic hydroxyl groups excluding tert-OH is 1. The maximum atomic E-state index is 9.63. The summed E-state index contributed by atoms with van der Waals surface area (Å²) in [6, 6.07) is 27.8. The van der Waals surface area contributed by atoms with E-state index in [0.717, 1.165) is 11.1 Å². The van der Waals surface area contributed by atoms with E-state index in [1.54, 1.807) is 0 Å². The molecule has 0 amide bonds. The van der Waals surface area contributed by atoms with Crippen LogP contribution in [0.5, 0.6) is 0 Å². The second-order valence-corrected chi connectivity index (χ2v) is 6.71. The van der Waals surface area contributed by atoms with Gasteiger partial charge in [-0.25, -0.2) is 0 Å². The first-order valence-corrected chi connectivity index (χ1v) is 9.35. The molecule has 0 aliphatic heterocycles. The molecule has 0 saturated heterocycles. The topological polar surface area (TPSA) is 23.5 Å². The van der Waals surface area contributed by atoms with Crippen LogP contribution in [0.4, 0.5) is 0 Å². The predicted molar refractivity (Wildman–Crippen MR) is 111 cm³/mol. The van der Waals surface area contributed by atoms with E-state index in [4.69, 9.17) is 11.6 Å². The van der Waals surface area contributed by atoms with Crippen LogP contribution >= 0.6 is 11.6 Å². The molecule has 27 heavy (non-hydrogen) atoms. The highest BCUT2D eigenvalue weighted by molar-refractivity contribution is 6.30. The van der Waals surface area contributed by atoms with Gasteiger partial charge >= 0.3 is 0 Å². The van der Waals surface area contributed by atoms with Gasteiger partial charge in [0.1, 0.15) is 0 Å². The van der Waals surface area contributed by atoms with E-state index in [0.29, 0.717) is 18.1 Å². The van der Waals surface area contributed by atoms with Crippen LogP contribution in [0, 0.1) is 11.8 Å². The Kier molecular flexibility index (Phi) is 7.07. The Morgan fingerprint density at radius 2 is 1.48 bits per heavy atom. The normalized spacial score (nSPS) is 11.7. The summed E-state index contributed by atoms with van der Waals surface area (Å²) < 4.78 is 0. The zero-order valence-corrected chi connectivity index (χ0v) is 15.8. The molecule has 0 heterocycles. The van der Waals surface area contributed by atoms with Gasteiger partial charge in [0, 0.05) is 23.7 Å². The van der Waals surface area contributed by atoms with Crippen molar-refractivity contribution in [1.29, 1.82) is 0 Å². The fraction of sp³-hybridized carbons (Fsp3) is 0.167. The Hall–Kier alpha value is -2.57. The van der Waals surface area contributed by atoms with E-state index in [1.807, 2.05) is 72.8 Å². The third-order valence-electron chi connectivity index (χ3n) is 4.29. The fourth-order valence-corrected chi connectivity index (χ4v) is 3.08. The molecule has 0 fully saturated rings. The summed E-state index contributed by atoms with van der Waals surface area (Å²) >= 11 is 6.07. The SMILES string of the molecule is OCCN(Cc1ccccc1)C(C#Cc1ccccc1)c1ccc(Cl)cc1. The predicted octanol–water partition coefficient (Wildman–Crippen LogP) is 4.93. The number of rotatable bonds is 6. The summed E-state index contributed by atoms with van der Waals surface area (Å²) in [5, 5.41) is 10.3. The molecule has 0 aromatic heterocycles. The van der Waals surface area contributed by atoms with Crippen molar-refractivity contribution < 1.29 is 5.11 Å². The average Bonchev–Trinajstić information content (AvgIpc) is 2.71. The molecule has 1 N–H and O–H groups in total. The minimum absolute atomic E-state index is 0.0734. The van der Waals surface area contributed by atoms with Crippen LogP contribution in [0.1, 0.15) is 22.7 Å². The average molecular weight is 376 g/mol. The van der Waals surface area contributed by atoms with Gasteiger partial charge in [0.05, 0.1) is 12.6 Å². The van der Waals surface area contributed by atoms with Crippen LogP contribution in [0.2, 0.25) is 5.02 Å². The highest BCUT2D eigenvalue weighted by Crippen LogP contribution is 2.24. The van der Waals surface area contributed by atoms with Crippen molar-refractivity contribution in [2.24, 2.45) is 0 Å². The molecule has 0 saturated carbocycles. The lowest BCUT2D eigenvalue weighted by Gasteiger charge is -2.28. The molecule has 1 atom stereocenters. The van der Waals surface area contributed by atoms with Crippen LogP contribution in [0.3, 0.4) is 0 Å². The lowest BCUT2D eigenvalue weighted by Crippen LogP contribution is -2.30. The van der Waals surface area contributed by atoms with Crippen molar-refractivity contribution in [2.45, 2.75) is 12.6 Å². The summed E-state index contributed by atoms with van der Waals surface area (Å²) in [5.74, 6) is 6.67. The number of nitrogens with zero attached hydrogens (tertiary/aromatic N) is 1. The van der Waals surface area contributed by atoms with Crippen molar-refractivity contribution >= 4 is 11.6 Å². The largest absolute Gasteiger partial charge is 0.395 e. The number of hydrogen-bond donors (Lipinski definition) is 1. The second-order valence-electron chi connectivity index (χ2n) is 6.27. The van der Waals surface area contributed by atoms with Gasteiger partial charge in [-0.05, 0) is 35.4 Å². The van der Waals surface area contributed by atoms with Crippen molar-refractivity contribution in [3.05, 3.63) is 107 Å². The highest BCUT2D eigenvalue weighted by Gasteiger charge is 2.18. The van der Waals surface area contributed by atoms with Crippen molar-refractivity contribution in [2.75, 3.05) is 13.2 Å². The van der Waals surface area contributed by atoms with E-state index < -0.39 is 0 Å². The second kappa shape index (κ2) is 9.94. The van der Waals surface area contributed by atoms with Crippen molar-refractivity contribution in [1.82, 2.24) is 4.90 Å². The van der Waals surface area contributed by atoms with Gasteiger partial charge in [-0.1, -0.05) is 84.1 Å². The first kappa shape index (κ1) is 19.2. The smallest absolute Gasteiger partial charge is 0.0978 e. The summed E-state index contributed by atoms with van der Waals surface area (Å²) in [6.07, 6.45) is 0. The van der Waals surface area contributed by atoms with E-state index in [2.05, 4.69) is 28.9 Å². The van der Waals surface area contributed by atoms with Crippen molar-refractivity contribution in [3.63, 3.8) is 0 Å². The number of benzene rings is 3. The third kappa shape index (κ3) is 5.70. The molecule has 0 spiro atoms. The zero-order valence-electron chi connectivity index (χ0n) is 15.1. The lowest BCUT2D eigenvalue weighted by molar-refractivity contribution is 0.168. The minimum Gasteiger partial charge on any atom is -0.395 e. The Labute approximate surface area is 166 Å². The number of hydrogen-bond acceptors (Lipinski definition) is 2. The summed E-state index contributed by atoms with van der Waals surface area (Å²) in [4.78, 5) is 2.19. The first-order valence-electron chi connectivity index (χ1n) is 8.97. The monoisotopic (exact) mass is 375 g/mol. The molecule has 136 valence electrons. The molecule has 0 bridgehead atoms. The molecule has 3 aromatic carbocycles. The molecule has 3 aromatic rings. The van der Waals surface area contributed by atoms with E-state index in [9.17, 15) is 5.11 Å². The lowest BCUT2D eigenvalue weighted by atomic mass is 10.0. The third-order valence-corrected chi connectivity index (χ3v) is 4.55. The van der Waals surface area contributed by atoms with Crippen LogP contribution in [0.25, 0.3) is 0 Å². The summed E-state index contributed by atoms with van der Waals surface area (Å²) in [7, 11) is 0. The maximum Gasteiger partial charge on any atom is 0.0978 e. The van der Waals surface area contributed by atoms with Gasteiger partial charge in [0.2, 0.25) is 0 Å². The van der Waals surface area contributed by atoms with Gasteiger partial charge in [-0.2, -0.15) is 0 Å². The number of aliphatic hydroxyl groups is 1. The Bertz CT molecular complexity index is 882. The molecule has 2 nitrogen and oxygen atoms in total.